The average Bonchev–Trinajstić information content (AvgIpc) is 4.00. The van der Waals surface area contributed by atoms with Crippen LogP contribution in [0.1, 0.15) is 64.9 Å². The lowest BCUT2D eigenvalue weighted by Crippen LogP contribution is -2.52. The van der Waals surface area contributed by atoms with E-state index in [2.05, 4.69) is 15.2 Å². The van der Waals surface area contributed by atoms with Gasteiger partial charge in [0.15, 0.2) is 29.9 Å². The number of aromatic nitrogens is 1. The molecule has 1 saturated carbocycles. The Morgan fingerprint density at radius 1 is 0.907 bits per heavy atom. The number of fused-ring (bicyclic) bond motifs is 3. The molecule has 2 bridgehead atoms. The van der Waals surface area contributed by atoms with Gasteiger partial charge in [-0.1, -0.05) is 41.4 Å². The Kier molecular flexibility index (Phi) is 11.8. The molecule has 9 nitrogen and oxygen atoms in total. The zero-order valence-corrected chi connectivity index (χ0v) is 30.6. The average molecular weight is 786 g/mol. The van der Waals surface area contributed by atoms with Gasteiger partial charge in [0.2, 0.25) is 0 Å². The lowest BCUT2D eigenvalue weighted by molar-refractivity contribution is -0.377. The number of anilines is 1. The Morgan fingerprint density at radius 2 is 1.65 bits per heavy atom. The quantitative estimate of drug-likeness (QED) is 0.120. The van der Waals surface area contributed by atoms with Crippen LogP contribution in [0.5, 0.6) is 11.5 Å². The van der Waals surface area contributed by atoms with E-state index in [1.54, 1.807) is 30.6 Å². The molecular formula is C40H39Cl2F3N3O6+. The van der Waals surface area contributed by atoms with Crippen molar-refractivity contribution in [3.63, 3.8) is 0 Å². The number of nitrogens with zero attached hydrogens (tertiary/aromatic N) is 1. The van der Waals surface area contributed by atoms with E-state index in [1.807, 2.05) is 0 Å². The van der Waals surface area contributed by atoms with Gasteiger partial charge in [0, 0.05) is 24.2 Å². The highest BCUT2D eigenvalue weighted by molar-refractivity contribution is 6.35. The third-order valence-electron chi connectivity index (χ3n) is 10.1. The summed E-state index contributed by atoms with van der Waals surface area (Å²) in [6.07, 6.45) is 5.81. The van der Waals surface area contributed by atoms with Crippen LogP contribution in [0, 0.1) is 17.7 Å². The van der Waals surface area contributed by atoms with Gasteiger partial charge in [0.05, 0.1) is 12.2 Å². The minimum Gasteiger partial charge on any atom is -0.489 e. The number of hydrogen-bond donors (Lipinski definition) is 1. The summed E-state index contributed by atoms with van der Waals surface area (Å²) in [6, 6.07) is 15.4. The molecule has 1 aliphatic carbocycles. The topological polar surface area (TPSA) is 100 Å². The van der Waals surface area contributed by atoms with Crippen LogP contribution in [-0.2, 0) is 20.7 Å². The van der Waals surface area contributed by atoms with E-state index in [-0.39, 0.29) is 29.6 Å². The second-order valence-corrected chi connectivity index (χ2v) is 14.7. The number of benzene rings is 3. The number of esters is 2. The fourth-order valence-corrected chi connectivity index (χ4v) is 7.43. The molecule has 3 aliphatic heterocycles. The first kappa shape index (κ1) is 37.8. The smallest absolute Gasteiger partial charge is 0.387 e. The van der Waals surface area contributed by atoms with E-state index >= 15 is 0 Å². The molecule has 1 unspecified atom stereocenters. The molecule has 3 atom stereocenters. The van der Waals surface area contributed by atoms with E-state index in [0.29, 0.717) is 57.4 Å². The van der Waals surface area contributed by atoms with Gasteiger partial charge in [-0.3, -0.25) is 4.90 Å². The molecule has 4 aliphatic rings. The molecular weight excluding hydrogens is 746 g/mol. The number of halogens is 5. The molecule has 4 aromatic rings. The molecule has 3 saturated heterocycles. The second kappa shape index (κ2) is 16.9. The van der Waals surface area contributed by atoms with E-state index in [1.165, 1.54) is 48.5 Å². The van der Waals surface area contributed by atoms with Crippen LogP contribution in [0.15, 0.2) is 79.1 Å². The van der Waals surface area contributed by atoms with Crippen molar-refractivity contribution in [1.29, 1.82) is 0 Å². The van der Waals surface area contributed by atoms with Crippen LogP contribution in [0.2, 0.25) is 10.0 Å². The van der Waals surface area contributed by atoms with Crippen molar-refractivity contribution in [2.45, 2.75) is 57.0 Å². The SMILES string of the molecule is O=C(O[C@@H](Cc1c(Cl)c[nH+]cc1Cl)c1ccc(OC(F)F)c(OCC2CC2)c1)c1ccc(NC(C(=O)O[C@H]2CN3CCC2CC3)c2cccc(F)c2)cc1. The van der Waals surface area contributed by atoms with Gasteiger partial charge in [-0.05, 0) is 110 Å². The van der Waals surface area contributed by atoms with E-state index in [0.717, 1.165) is 38.8 Å². The summed E-state index contributed by atoms with van der Waals surface area (Å²) in [4.78, 5) is 32.5. The monoisotopic (exact) mass is 784 g/mol. The number of hydrogen-bond acceptors (Lipinski definition) is 8. The maximum absolute atomic E-state index is 14.3. The number of aromatic amines is 1. The minimum absolute atomic E-state index is 0.0475. The van der Waals surface area contributed by atoms with Crippen molar-refractivity contribution < 1.29 is 46.7 Å². The van der Waals surface area contributed by atoms with Crippen molar-refractivity contribution in [2.75, 3.05) is 31.6 Å². The summed E-state index contributed by atoms with van der Waals surface area (Å²) in [7, 11) is 0. The van der Waals surface area contributed by atoms with Crippen LogP contribution in [0.25, 0.3) is 0 Å². The van der Waals surface area contributed by atoms with Gasteiger partial charge < -0.3 is 24.3 Å². The Balaban J connectivity index is 1.11. The van der Waals surface area contributed by atoms with Gasteiger partial charge >= 0.3 is 18.6 Å². The Labute approximate surface area is 320 Å². The Hall–Kier alpha value is -4.52. The number of carbonyl (C=O) groups excluding carboxylic acids is 2. The fraction of sp³-hybridized carbons (Fsp3) is 0.375. The van der Waals surface area contributed by atoms with E-state index in [4.69, 9.17) is 42.1 Å². The first-order chi connectivity index (χ1) is 26.1. The lowest BCUT2D eigenvalue weighted by Gasteiger charge is -2.44. The predicted octanol–water partition coefficient (Wildman–Crippen LogP) is 8.27. The molecule has 54 heavy (non-hydrogen) atoms. The standard InChI is InChI=1S/C40H38Cl2F3N3O6/c41-31-19-46-20-32(42)30(31)18-34(26-8-11-33(54-40(44)45)35(17-26)51-22-23-4-5-23)52-38(49)25-6-9-29(10-7-25)47-37(27-2-1-3-28(43)16-27)39(50)53-36-21-48-14-12-24(36)13-15-48/h1-3,6-11,16-17,19-20,23-24,34,36-37,40,47H,4-5,12-15,18,21-22H2/p+1/t34-,36-,37?/m0/s1. The number of alkyl halides is 2. The number of nitrogens with one attached hydrogen (secondary N) is 2. The first-order valence-electron chi connectivity index (χ1n) is 17.9. The van der Waals surface area contributed by atoms with Crippen LogP contribution in [0.3, 0.4) is 0 Å². The van der Waals surface area contributed by atoms with Crippen LogP contribution in [-0.4, -0.2) is 55.8 Å². The second-order valence-electron chi connectivity index (χ2n) is 13.9. The molecule has 2 N–H and O–H groups in total. The molecule has 0 spiro atoms. The van der Waals surface area contributed by atoms with E-state index < -0.39 is 36.5 Å². The fourth-order valence-electron chi connectivity index (χ4n) is 6.90. The zero-order valence-electron chi connectivity index (χ0n) is 29.1. The summed E-state index contributed by atoms with van der Waals surface area (Å²) < 4.78 is 63.5. The highest BCUT2D eigenvalue weighted by Gasteiger charge is 2.38. The number of H-pyrrole nitrogens is 1. The summed E-state index contributed by atoms with van der Waals surface area (Å²) in [6.45, 7) is -0.0797. The highest BCUT2D eigenvalue weighted by Crippen LogP contribution is 2.38. The molecule has 4 fully saturated rings. The van der Waals surface area contributed by atoms with Gasteiger partial charge in [0.1, 0.15) is 28.1 Å². The van der Waals surface area contributed by atoms with Crippen LogP contribution in [0.4, 0.5) is 18.9 Å². The first-order valence-corrected chi connectivity index (χ1v) is 18.7. The third kappa shape index (κ3) is 9.40. The maximum Gasteiger partial charge on any atom is 0.387 e. The molecule has 284 valence electrons. The number of piperidine rings is 3. The predicted molar refractivity (Wildman–Crippen MR) is 194 cm³/mol. The number of rotatable bonds is 15. The largest absolute Gasteiger partial charge is 0.489 e. The normalized spacial score (nSPS) is 20.2. The van der Waals surface area contributed by atoms with Gasteiger partial charge in [0.25, 0.3) is 0 Å². The van der Waals surface area contributed by atoms with Gasteiger partial charge in [-0.2, -0.15) is 8.78 Å². The Morgan fingerprint density at radius 3 is 2.30 bits per heavy atom. The highest BCUT2D eigenvalue weighted by atomic mass is 35.5. The van der Waals surface area contributed by atoms with Gasteiger partial charge in [-0.25, -0.2) is 19.0 Å². The Bertz CT molecular complexity index is 1940. The lowest BCUT2D eigenvalue weighted by atomic mass is 9.86. The summed E-state index contributed by atoms with van der Waals surface area (Å²) in [5.41, 5.74) is 2.00. The molecule has 1 aromatic heterocycles. The van der Waals surface area contributed by atoms with E-state index in [9.17, 15) is 22.8 Å². The molecule has 8 rings (SSSR count). The molecule has 0 amide bonds. The molecule has 4 heterocycles. The summed E-state index contributed by atoms with van der Waals surface area (Å²) >= 11 is 13.0. The van der Waals surface area contributed by atoms with Crippen molar-refractivity contribution in [3.05, 3.63) is 117 Å². The summed E-state index contributed by atoms with van der Waals surface area (Å²) in [5, 5.41) is 3.78. The molecule has 0 radical (unpaired) electrons. The minimum atomic E-state index is -3.07. The third-order valence-corrected chi connectivity index (χ3v) is 10.8. The van der Waals surface area contributed by atoms with Crippen molar-refractivity contribution in [2.24, 2.45) is 11.8 Å². The maximum atomic E-state index is 14.3. The number of ether oxygens (including phenoxy) is 4. The van der Waals surface area contributed by atoms with Crippen molar-refractivity contribution in [1.82, 2.24) is 4.90 Å². The molecule has 3 aromatic carbocycles. The zero-order chi connectivity index (χ0) is 37.8. The van der Waals surface area contributed by atoms with Gasteiger partial charge in [-0.15, -0.1) is 0 Å². The van der Waals surface area contributed by atoms with Crippen LogP contribution >= 0.6 is 23.2 Å². The number of carbonyl (C=O) groups is 2. The molecule has 14 heteroatoms. The van der Waals surface area contributed by atoms with Crippen molar-refractivity contribution >= 4 is 40.8 Å². The number of pyridine rings is 1. The van der Waals surface area contributed by atoms with Crippen molar-refractivity contribution in [3.8, 4) is 11.5 Å². The van der Waals surface area contributed by atoms with Crippen LogP contribution < -0.4 is 19.8 Å². The summed E-state index contributed by atoms with van der Waals surface area (Å²) in [5.74, 6) is -1.13.